The van der Waals surface area contributed by atoms with Crippen molar-refractivity contribution < 1.29 is 9.53 Å². The van der Waals surface area contributed by atoms with Crippen molar-refractivity contribution >= 4 is 11.8 Å². The molecule has 110 valence electrons. The Balaban J connectivity index is 2.15. The third-order valence-corrected chi connectivity index (χ3v) is 3.54. The summed E-state index contributed by atoms with van der Waals surface area (Å²) in [5, 5.41) is 2.53. The van der Waals surface area contributed by atoms with Gasteiger partial charge in [0.05, 0.1) is 0 Å². The highest BCUT2D eigenvalue weighted by atomic mass is 16.6. The fourth-order valence-corrected chi connectivity index (χ4v) is 2.34. The summed E-state index contributed by atoms with van der Waals surface area (Å²) in [6.07, 6.45) is 3.33. The zero-order valence-corrected chi connectivity index (χ0v) is 12.5. The molecule has 1 aromatic heterocycles. The average molecular weight is 278 g/mol. The fraction of sp³-hybridized carbons (Fsp3) is 0.600. The largest absolute Gasteiger partial charge is 0.444 e. The number of hydrogen-bond acceptors (Lipinski definition) is 3. The van der Waals surface area contributed by atoms with Crippen molar-refractivity contribution in [3.8, 4) is 0 Å². The Morgan fingerprint density at radius 3 is 2.60 bits per heavy atom. The molecule has 0 aliphatic heterocycles. The van der Waals surface area contributed by atoms with E-state index in [1.807, 2.05) is 0 Å². The van der Waals surface area contributed by atoms with Gasteiger partial charge in [0.15, 0.2) is 0 Å². The number of ether oxygens (including phenoxy) is 1. The third-order valence-electron chi connectivity index (χ3n) is 3.54. The lowest BCUT2D eigenvalue weighted by Gasteiger charge is -2.35. The van der Waals surface area contributed by atoms with Crippen LogP contribution in [0.1, 0.15) is 46.6 Å². The number of nitrogens with zero attached hydrogens (tertiary/aromatic N) is 1. The Hall–Kier alpha value is -1.78. The smallest absolute Gasteiger partial charge is 0.412 e. The van der Waals surface area contributed by atoms with Gasteiger partial charge in [-0.1, -0.05) is 6.92 Å². The van der Waals surface area contributed by atoms with Crippen molar-refractivity contribution in [1.82, 2.24) is 4.57 Å². The maximum Gasteiger partial charge on any atom is 0.412 e. The molecule has 1 aromatic rings. The van der Waals surface area contributed by atoms with Gasteiger partial charge < -0.3 is 9.30 Å². The summed E-state index contributed by atoms with van der Waals surface area (Å²) in [6, 6.07) is 3.62. The van der Waals surface area contributed by atoms with E-state index in [9.17, 15) is 9.59 Å². The number of rotatable bonds is 2. The van der Waals surface area contributed by atoms with Crippen LogP contribution in [0.4, 0.5) is 10.5 Å². The second kappa shape index (κ2) is 5.31. The summed E-state index contributed by atoms with van der Waals surface area (Å²) in [5.41, 5.74) is -0.490. The Labute approximate surface area is 118 Å². The van der Waals surface area contributed by atoms with E-state index in [-0.39, 0.29) is 17.3 Å². The van der Waals surface area contributed by atoms with Crippen molar-refractivity contribution in [3.05, 3.63) is 28.7 Å². The Bertz CT molecular complexity index is 557. The number of aromatic nitrogens is 1. The number of pyridine rings is 1. The minimum absolute atomic E-state index is 0.171. The monoisotopic (exact) mass is 278 g/mol. The van der Waals surface area contributed by atoms with E-state index in [2.05, 4.69) is 12.2 Å². The zero-order chi connectivity index (χ0) is 14.9. The van der Waals surface area contributed by atoms with Gasteiger partial charge >= 0.3 is 6.09 Å². The molecule has 0 radical (unpaired) electrons. The molecular weight excluding hydrogens is 256 g/mol. The molecule has 1 fully saturated rings. The van der Waals surface area contributed by atoms with Gasteiger partial charge in [-0.05, 0) is 51.7 Å². The van der Waals surface area contributed by atoms with Crippen molar-refractivity contribution in [2.45, 2.75) is 52.2 Å². The van der Waals surface area contributed by atoms with Crippen LogP contribution in [0.25, 0.3) is 0 Å². The van der Waals surface area contributed by atoms with Gasteiger partial charge in [-0.3, -0.25) is 10.1 Å². The SMILES string of the molecule is C[C@@H]1CCC1n1cccc(NC(=O)OC(C)(C)C)c1=O. The molecular formula is C15H22N2O3. The normalized spacial score (nSPS) is 22.0. The topological polar surface area (TPSA) is 60.3 Å². The fourth-order valence-electron chi connectivity index (χ4n) is 2.34. The van der Waals surface area contributed by atoms with Crippen LogP contribution < -0.4 is 10.9 Å². The molecule has 0 bridgehead atoms. The van der Waals surface area contributed by atoms with Crippen molar-refractivity contribution in [3.63, 3.8) is 0 Å². The molecule has 1 N–H and O–H groups in total. The standard InChI is InChI=1S/C15H22N2O3/c1-10-7-8-12(10)17-9-5-6-11(13(17)18)16-14(19)20-15(2,3)4/h5-6,9-10,12H,7-8H2,1-4H3,(H,16,19)/t10-,12?/m1/s1. The Morgan fingerprint density at radius 2 is 2.10 bits per heavy atom. The van der Waals surface area contributed by atoms with E-state index >= 15 is 0 Å². The maximum atomic E-state index is 12.3. The summed E-state index contributed by atoms with van der Waals surface area (Å²) < 4.78 is 6.87. The summed E-state index contributed by atoms with van der Waals surface area (Å²) in [5.74, 6) is 0.504. The van der Waals surface area contributed by atoms with Crippen LogP contribution in [0.5, 0.6) is 0 Å². The predicted molar refractivity (Wildman–Crippen MR) is 78.0 cm³/mol. The first kappa shape index (κ1) is 14.6. The Morgan fingerprint density at radius 1 is 1.40 bits per heavy atom. The van der Waals surface area contributed by atoms with Crippen LogP contribution >= 0.6 is 0 Å². The summed E-state index contributed by atoms with van der Waals surface area (Å²) in [6.45, 7) is 7.48. The molecule has 0 saturated heterocycles. The molecule has 5 heteroatoms. The van der Waals surface area contributed by atoms with Gasteiger partial charge in [0.25, 0.3) is 5.56 Å². The molecule has 1 amide bonds. The number of carbonyl (C=O) groups excluding carboxylic acids is 1. The molecule has 1 aliphatic rings. The van der Waals surface area contributed by atoms with Gasteiger partial charge in [0, 0.05) is 12.2 Å². The van der Waals surface area contributed by atoms with Crippen molar-refractivity contribution in [2.24, 2.45) is 5.92 Å². The van der Waals surface area contributed by atoms with E-state index < -0.39 is 11.7 Å². The van der Waals surface area contributed by atoms with E-state index in [1.165, 1.54) is 0 Å². The molecule has 2 atom stereocenters. The highest BCUT2D eigenvalue weighted by molar-refractivity contribution is 5.84. The molecule has 2 rings (SSSR count). The van der Waals surface area contributed by atoms with Crippen LogP contribution in [0.2, 0.25) is 0 Å². The first-order valence-corrected chi connectivity index (χ1v) is 6.99. The lowest BCUT2D eigenvalue weighted by Crippen LogP contribution is -2.36. The third kappa shape index (κ3) is 3.21. The lowest BCUT2D eigenvalue weighted by atomic mass is 9.81. The maximum absolute atomic E-state index is 12.3. The minimum atomic E-state index is -0.603. The van der Waals surface area contributed by atoms with Crippen LogP contribution in [0.3, 0.4) is 0 Å². The number of anilines is 1. The quantitative estimate of drug-likeness (QED) is 0.904. The second-order valence-electron chi connectivity index (χ2n) is 6.38. The molecule has 20 heavy (non-hydrogen) atoms. The van der Waals surface area contributed by atoms with Gasteiger partial charge in [0.2, 0.25) is 0 Å². The van der Waals surface area contributed by atoms with Gasteiger partial charge in [-0.25, -0.2) is 4.79 Å². The van der Waals surface area contributed by atoms with Crippen LogP contribution in [0.15, 0.2) is 23.1 Å². The van der Waals surface area contributed by atoms with Crippen molar-refractivity contribution in [1.29, 1.82) is 0 Å². The van der Waals surface area contributed by atoms with Crippen LogP contribution in [0, 0.1) is 5.92 Å². The molecule has 1 heterocycles. The number of carbonyl (C=O) groups is 1. The predicted octanol–water partition coefficient (Wildman–Crippen LogP) is 3.17. The zero-order valence-electron chi connectivity index (χ0n) is 12.5. The molecule has 0 spiro atoms. The van der Waals surface area contributed by atoms with Crippen molar-refractivity contribution in [2.75, 3.05) is 5.32 Å². The van der Waals surface area contributed by atoms with E-state index in [4.69, 9.17) is 4.74 Å². The first-order chi connectivity index (χ1) is 9.28. The minimum Gasteiger partial charge on any atom is -0.444 e. The average Bonchev–Trinajstić information content (AvgIpc) is 2.30. The second-order valence-corrected chi connectivity index (χ2v) is 6.38. The molecule has 0 aromatic carbocycles. The highest BCUT2D eigenvalue weighted by Crippen LogP contribution is 2.36. The van der Waals surface area contributed by atoms with Crippen LogP contribution in [-0.2, 0) is 4.74 Å². The number of nitrogens with one attached hydrogen (secondary N) is 1. The Kier molecular flexibility index (Phi) is 3.88. The van der Waals surface area contributed by atoms with Gasteiger partial charge in [-0.2, -0.15) is 0 Å². The molecule has 1 saturated carbocycles. The lowest BCUT2D eigenvalue weighted by molar-refractivity contribution is 0.0635. The number of hydrogen-bond donors (Lipinski definition) is 1. The van der Waals surface area contributed by atoms with Gasteiger partial charge in [-0.15, -0.1) is 0 Å². The summed E-state index contributed by atoms with van der Waals surface area (Å²) >= 11 is 0. The van der Waals surface area contributed by atoms with Gasteiger partial charge in [0.1, 0.15) is 11.3 Å². The summed E-state index contributed by atoms with van der Waals surface area (Å²) in [7, 11) is 0. The summed E-state index contributed by atoms with van der Waals surface area (Å²) in [4.78, 5) is 24.1. The number of amides is 1. The molecule has 5 nitrogen and oxygen atoms in total. The van der Waals surface area contributed by atoms with E-state index in [0.717, 1.165) is 12.8 Å². The van der Waals surface area contributed by atoms with E-state index in [0.29, 0.717) is 5.92 Å². The van der Waals surface area contributed by atoms with E-state index in [1.54, 1.807) is 43.7 Å². The highest BCUT2D eigenvalue weighted by Gasteiger charge is 2.29. The molecule has 1 unspecified atom stereocenters. The first-order valence-electron chi connectivity index (χ1n) is 6.99. The van der Waals surface area contributed by atoms with Crippen LogP contribution in [-0.4, -0.2) is 16.3 Å². The molecule has 1 aliphatic carbocycles.